The van der Waals surface area contributed by atoms with E-state index in [1.54, 1.807) is 58.1 Å². The molecule has 0 saturated carbocycles. The van der Waals surface area contributed by atoms with Crippen LogP contribution in [0, 0.1) is 24.2 Å². The smallest absolute Gasteiger partial charge is 0.408 e. The van der Waals surface area contributed by atoms with Gasteiger partial charge in [-0.25, -0.2) is 9.59 Å². The average Bonchev–Trinajstić information content (AvgIpc) is 3.69. The third-order valence-corrected chi connectivity index (χ3v) is 5.48. The number of aromatic nitrogens is 2. The van der Waals surface area contributed by atoms with Crippen molar-refractivity contribution in [2.24, 2.45) is 0 Å². The Morgan fingerprint density at radius 2 is 1.33 bits per heavy atom. The molecule has 4 aromatic heterocycles. The molecule has 11 heteroatoms. The zero-order valence-electron chi connectivity index (χ0n) is 26.1. The number of nitrogens with zero attached hydrogens (tertiary/aromatic N) is 2. The molecule has 0 aromatic carbocycles. The van der Waals surface area contributed by atoms with Crippen molar-refractivity contribution in [3.05, 3.63) is 83.7 Å². The van der Waals surface area contributed by atoms with Crippen molar-refractivity contribution in [1.82, 2.24) is 20.6 Å². The number of alkyl carbamates (subject to hydrolysis) is 2. The second kappa shape index (κ2) is 18.0. The van der Waals surface area contributed by atoms with Crippen LogP contribution >= 0.6 is 15.9 Å². The molecule has 0 saturated heterocycles. The van der Waals surface area contributed by atoms with Gasteiger partial charge in [-0.2, -0.15) is 0 Å². The van der Waals surface area contributed by atoms with E-state index in [-0.39, 0.29) is 13.1 Å². The van der Waals surface area contributed by atoms with E-state index in [4.69, 9.17) is 24.7 Å². The molecule has 0 aliphatic heterocycles. The minimum atomic E-state index is -0.521. The van der Waals surface area contributed by atoms with Crippen LogP contribution in [0.5, 0.6) is 0 Å². The highest BCUT2D eigenvalue weighted by Crippen LogP contribution is 2.27. The van der Waals surface area contributed by atoms with E-state index >= 15 is 0 Å². The summed E-state index contributed by atoms with van der Waals surface area (Å²) in [6.45, 7) is 11.2. The summed E-state index contributed by atoms with van der Waals surface area (Å²) in [6, 6.07) is 11.2. The predicted molar refractivity (Wildman–Crippen MR) is 176 cm³/mol. The number of furan rings is 2. The second-order valence-electron chi connectivity index (χ2n) is 10.9. The van der Waals surface area contributed by atoms with E-state index in [2.05, 4.69) is 54.3 Å². The Morgan fingerprint density at radius 1 is 0.822 bits per heavy atom. The van der Waals surface area contributed by atoms with Crippen molar-refractivity contribution in [3.8, 4) is 46.8 Å². The van der Waals surface area contributed by atoms with Gasteiger partial charge in [0.1, 0.15) is 22.7 Å². The van der Waals surface area contributed by atoms with Gasteiger partial charge in [-0.05, 0) is 93.9 Å². The number of hydrogen-bond donors (Lipinski definition) is 2. The lowest BCUT2D eigenvalue weighted by molar-refractivity contribution is 0.0523. The first kappa shape index (κ1) is 36.2. The fourth-order valence-electron chi connectivity index (χ4n) is 3.15. The van der Waals surface area contributed by atoms with E-state index in [0.717, 1.165) is 32.7 Å². The van der Waals surface area contributed by atoms with Gasteiger partial charge in [-0.1, -0.05) is 17.8 Å². The molecule has 4 heterocycles. The van der Waals surface area contributed by atoms with Gasteiger partial charge in [0.2, 0.25) is 0 Å². The molecule has 236 valence electrons. The lowest BCUT2D eigenvalue weighted by atomic mass is 10.1. The molecule has 0 radical (unpaired) electrons. The van der Waals surface area contributed by atoms with Crippen LogP contribution in [0.15, 0.2) is 87.0 Å². The van der Waals surface area contributed by atoms with Gasteiger partial charge in [0.05, 0.1) is 31.2 Å². The molecular formula is C34H37BrN4O6. The van der Waals surface area contributed by atoms with Gasteiger partial charge in [0.25, 0.3) is 0 Å². The van der Waals surface area contributed by atoms with Crippen LogP contribution in [0.4, 0.5) is 9.59 Å². The van der Waals surface area contributed by atoms with Crippen molar-refractivity contribution in [2.75, 3.05) is 13.1 Å². The number of carbonyl (C=O) groups is 2. The molecule has 0 spiro atoms. The first-order chi connectivity index (χ1) is 21.3. The Balaban J connectivity index is 0.000000259. The Labute approximate surface area is 272 Å². The minimum Gasteiger partial charge on any atom is -0.464 e. The average molecular weight is 678 g/mol. The molecule has 0 bridgehead atoms. The zero-order chi connectivity index (χ0) is 33.3. The summed E-state index contributed by atoms with van der Waals surface area (Å²) in [5.41, 5.74) is 1.65. The Kier molecular flexibility index (Phi) is 14.4. The van der Waals surface area contributed by atoms with Crippen molar-refractivity contribution < 1.29 is 27.9 Å². The quantitative estimate of drug-likeness (QED) is 0.213. The highest BCUT2D eigenvalue weighted by molar-refractivity contribution is 9.10. The lowest BCUT2D eigenvalue weighted by Gasteiger charge is -2.19. The van der Waals surface area contributed by atoms with Gasteiger partial charge in [-0.3, -0.25) is 9.97 Å². The van der Waals surface area contributed by atoms with Gasteiger partial charge in [0.15, 0.2) is 0 Å². The number of hydrogen-bond acceptors (Lipinski definition) is 8. The lowest BCUT2D eigenvalue weighted by Crippen LogP contribution is -2.32. The van der Waals surface area contributed by atoms with Crippen molar-refractivity contribution in [2.45, 2.75) is 52.7 Å². The number of carbonyl (C=O) groups excluding carboxylic acids is 2. The summed E-state index contributed by atoms with van der Waals surface area (Å²) in [5.74, 6) is 9.71. The second-order valence-corrected chi connectivity index (χ2v) is 11.8. The van der Waals surface area contributed by atoms with Crippen molar-refractivity contribution in [3.63, 3.8) is 0 Å². The molecular weight excluding hydrogens is 640 g/mol. The van der Waals surface area contributed by atoms with Gasteiger partial charge < -0.3 is 28.9 Å². The van der Waals surface area contributed by atoms with Gasteiger partial charge in [0, 0.05) is 40.4 Å². The molecule has 0 fully saturated rings. The predicted octanol–water partition coefficient (Wildman–Crippen LogP) is 7.47. The fourth-order valence-corrected chi connectivity index (χ4v) is 3.60. The van der Waals surface area contributed by atoms with Crippen LogP contribution in [0.25, 0.3) is 22.6 Å². The van der Waals surface area contributed by atoms with Gasteiger partial charge >= 0.3 is 12.2 Å². The molecule has 0 atom stereocenters. The standard InChI is InChI=1S/C17H18N2O3.C9H6BrNO.C8H13NO2/c1-17(2,3)22-16(20)19-9-4-6-13-12-18-10-8-14(13)15-7-5-11-21-15;10-8-6-11-4-3-7(8)9-2-1-5-12-9;1-5-6-9-7(10)11-8(2,3)4/h5,7-8,10-12H,9H2,1-3H3,(H,19,20);1-6H;1H,6H2,2-4H3,(H,9,10). The van der Waals surface area contributed by atoms with Crippen LogP contribution in [-0.2, 0) is 9.47 Å². The number of pyridine rings is 2. The van der Waals surface area contributed by atoms with E-state index in [0.29, 0.717) is 0 Å². The highest BCUT2D eigenvalue weighted by atomic mass is 79.9. The molecule has 45 heavy (non-hydrogen) atoms. The molecule has 4 rings (SSSR count). The monoisotopic (exact) mass is 676 g/mol. The zero-order valence-corrected chi connectivity index (χ0v) is 27.7. The minimum absolute atomic E-state index is 0.196. The summed E-state index contributed by atoms with van der Waals surface area (Å²) in [5, 5.41) is 4.98. The van der Waals surface area contributed by atoms with Crippen LogP contribution in [0.2, 0.25) is 0 Å². The van der Waals surface area contributed by atoms with Crippen molar-refractivity contribution >= 4 is 28.1 Å². The van der Waals surface area contributed by atoms with E-state index in [9.17, 15) is 9.59 Å². The number of rotatable bonds is 4. The number of halogens is 1. The Hall–Kier alpha value is -5.00. The largest absolute Gasteiger partial charge is 0.464 e. The Bertz CT molecular complexity index is 1590. The van der Waals surface area contributed by atoms with E-state index < -0.39 is 23.4 Å². The molecule has 0 aliphatic rings. The molecule has 0 aliphatic carbocycles. The van der Waals surface area contributed by atoms with Crippen LogP contribution < -0.4 is 10.6 Å². The first-order valence-electron chi connectivity index (χ1n) is 13.8. The highest BCUT2D eigenvalue weighted by Gasteiger charge is 2.16. The summed E-state index contributed by atoms with van der Waals surface area (Å²) in [7, 11) is 0. The number of terminal acetylenes is 1. The van der Waals surface area contributed by atoms with E-state index in [1.165, 1.54) is 0 Å². The maximum atomic E-state index is 11.5. The first-order valence-corrected chi connectivity index (χ1v) is 14.6. The SMILES string of the molecule is Brc1cnccc1-c1ccco1.C#CCNC(=O)OC(C)(C)C.CC(C)(C)OC(=O)NCC#Cc1cnccc1-c1ccco1. The number of ether oxygens (including phenoxy) is 2. The van der Waals surface area contributed by atoms with Crippen molar-refractivity contribution in [1.29, 1.82) is 0 Å². The third kappa shape index (κ3) is 14.8. The van der Waals surface area contributed by atoms with Gasteiger partial charge in [-0.15, -0.1) is 6.42 Å². The molecule has 0 unspecified atom stereocenters. The normalized spacial score (nSPS) is 10.3. The maximum Gasteiger partial charge on any atom is 0.408 e. The number of nitrogens with one attached hydrogen (secondary N) is 2. The summed E-state index contributed by atoms with van der Waals surface area (Å²) >= 11 is 3.40. The summed E-state index contributed by atoms with van der Waals surface area (Å²) < 4.78 is 21.6. The number of amides is 2. The third-order valence-electron chi connectivity index (χ3n) is 4.84. The van der Waals surface area contributed by atoms with Crippen LogP contribution in [0.1, 0.15) is 47.1 Å². The topological polar surface area (TPSA) is 129 Å². The van der Waals surface area contributed by atoms with Crippen LogP contribution in [0.3, 0.4) is 0 Å². The fraction of sp³-hybridized carbons (Fsp3) is 0.294. The summed E-state index contributed by atoms with van der Waals surface area (Å²) in [6.07, 6.45) is 14.1. The molecule has 2 amide bonds. The molecule has 4 aromatic rings. The van der Waals surface area contributed by atoms with E-state index in [1.807, 2.05) is 57.2 Å². The molecule has 2 N–H and O–H groups in total. The Morgan fingerprint density at radius 3 is 1.82 bits per heavy atom. The molecule has 10 nitrogen and oxygen atoms in total. The maximum absolute atomic E-state index is 11.5. The van der Waals surface area contributed by atoms with Crippen LogP contribution in [-0.4, -0.2) is 46.4 Å². The summed E-state index contributed by atoms with van der Waals surface area (Å²) in [4.78, 5) is 30.3.